The van der Waals surface area contributed by atoms with Crippen LogP contribution < -0.4 is 15.8 Å². The molecule has 1 aromatic carbocycles. The highest BCUT2D eigenvalue weighted by Gasteiger charge is 2.31. The minimum Gasteiger partial charge on any atom is -0.491 e. The molecule has 0 unspecified atom stereocenters. The SMILES string of the molecule is CC.CC(=O)Nc1ccc(C(F)(F)F)cc1OCCCN. The summed E-state index contributed by atoms with van der Waals surface area (Å²) in [6.45, 7) is 5.82. The topological polar surface area (TPSA) is 64.3 Å². The van der Waals surface area contributed by atoms with E-state index in [1.807, 2.05) is 13.8 Å². The smallest absolute Gasteiger partial charge is 0.416 e. The van der Waals surface area contributed by atoms with Crippen LogP contribution in [-0.4, -0.2) is 19.1 Å². The van der Waals surface area contributed by atoms with Crippen molar-refractivity contribution in [3.05, 3.63) is 23.8 Å². The molecule has 0 atom stereocenters. The number of carbonyl (C=O) groups excluding carboxylic acids is 1. The Kier molecular flexibility index (Phi) is 8.45. The van der Waals surface area contributed by atoms with Crippen molar-refractivity contribution in [3.8, 4) is 5.75 Å². The first-order valence-electron chi connectivity index (χ1n) is 6.66. The van der Waals surface area contributed by atoms with E-state index in [1.165, 1.54) is 13.0 Å². The van der Waals surface area contributed by atoms with Gasteiger partial charge in [0.05, 0.1) is 17.9 Å². The molecule has 1 rings (SSSR count). The Balaban J connectivity index is 0.00000191. The lowest BCUT2D eigenvalue weighted by molar-refractivity contribution is -0.137. The van der Waals surface area contributed by atoms with Gasteiger partial charge >= 0.3 is 6.18 Å². The van der Waals surface area contributed by atoms with Gasteiger partial charge in [0.2, 0.25) is 5.91 Å². The zero-order valence-electron chi connectivity index (χ0n) is 12.4. The van der Waals surface area contributed by atoms with Gasteiger partial charge in [0, 0.05) is 6.92 Å². The molecule has 0 aromatic heterocycles. The molecule has 0 aliphatic carbocycles. The van der Waals surface area contributed by atoms with Gasteiger partial charge in [-0.05, 0) is 31.2 Å². The van der Waals surface area contributed by atoms with Crippen LogP contribution in [0.25, 0.3) is 0 Å². The predicted molar refractivity (Wildman–Crippen MR) is 76.3 cm³/mol. The standard InChI is InChI=1S/C12H15F3N2O2.C2H6/c1-8(18)17-10-4-3-9(12(13,14)15)7-11(10)19-6-2-5-16;1-2/h3-4,7H,2,5-6,16H2,1H3,(H,17,18);1-2H3. The summed E-state index contributed by atoms with van der Waals surface area (Å²) >= 11 is 0. The maximum Gasteiger partial charge on any atom is 0.416 e. The largest absolute Gasteiger partial charge is 0.491 e. The van der Waals surface area contributed by atoms with Crippen molar-refractivity contribution in [1.82, 2.24) is 0 Å². The second-order valence-electron chi connectivity index (χ2n) is 3.88. The Bertz CT molecular complexity index is 448. The number of nitrogens with two attached hydrogens (primary N) is 1. The molecule has 21 heavy (non-hydrogen) atoms. The molecule has 0 saturated carbocycles. The van der Waals surface area contributed by atoms with E-state index >= 15 is 0 Å². The van der Waals surface area contributed by atoms with Crippen molar-refractivity contribution in [1.29, 1.82) is 0 Å². The Morgan fingerprint density at radius 2 is 1.95 bits per heavy atom. The summed E-state index contributed by atoms with van der Waals surface area (Å²) in [4.78, 5) is 11.0. The van der Waals surface area contributed by atoms with Crippen molar-refractivity contribution in [2.24, 2.45) is 5.73 Å². The van der Waals surface area contributed by atoms with E-state index in [-0.39, 0.29) is 24.0 Å². The van der Waals surface area contributed by atoms with Crippen LogP contribution in [0.4, 0.5) is 18.9 Å². The van der Waals surface area contributed by atoms with Crippen molar-refractivity contribution >= 4 is 11.6 Å². The molecule has 0 aliphatic rings. The molecule has 0 aliphatic heterocycles. The predicted octanol–water partition coefficient (Wildman–Crippen LogP) is 3.42. The molecule has 1 aromatic rings. The second-order valence-corrected chi connectivity index (χ2v) is 3.88. The highest BCUT2D eigenvalue weighted by atomic mass is 19.4. The van der Waals surface area contributed by atoms with E-state index in [0.29, 0.717) is 13.0 Å². The van der Waals surface area contributed by atoms with Gasteiger partial charge in [-0.1, -0.05) is 13.8 Å². The number of amides is 1. The van der Waals surface area contributed by atoms with E-state index in [0.717, 1.165) is 12.1 Å². The summed E-state index contributed by atoms with van der Waals surface area (Å²) in [5, 5.41) is 2.42. The number of rotatable bonds is 5. The Morgan fingerprint density at radius 3 is 2.43 bits per heavy atom. The lowest BCUT2D eigenvalue weighted by Crippen LogP contribution is -2.12. The van der Waals surface area contributed by atoms with Gasteiger partial charge in [-0.2, -0.15) is 13.2 Å². The van der Waals surface area contributed by atoms with Crippen LogP contribution in [0.15, 0.2) is 18.2 Å². The molecule has 0 saturated heterocycles. The molecule has 7 heteroatoms. The van der Waals surface area contributed by atoms with E-state index < -0.39 is 11.7 Å². The number of hydrogen-bond acceptors (Lipinski definition) is 3. The third kappa shape index (κ3) is 6.99. The van der Waals surface area contributed by atoms with E-state index in [1.54, 1.807) is 0 Å². The number of halogens is 3. The number of hydrogen-bond donors (Lipinski definition) is 2. The fraction of sp³-hybridized carbons (Fsp3) is 0.500. The van der Waals surface area contributed by atoms with Crippen molar-refractivity contribution < 1.29 is 22.7 Å². The third-order valence-electron chi connectivity index (χ3n) is 2.23. The van der Waals surface area contributed by atoms with Crippen LogP contribution in [0.5, 0.6) is 5.75 Å². The zero-order valence-corrected chi connectivity index (χ0v) is 12.4. The minimum atomic E-state index is -4.46. The molecule has 0 bridgehead atoms. The molecule has 0 spiro atoms. The summed E-state index contributed by atoms with van der Waals surface area (Å²) in [6.07, 6.45) is -3.95. The number of ether oxygens (including phenoxy) is 1. The number of alkyl halides is 3. The highest BCUT2D eigenvalue weighted by molar-refractivity contribution is 5.90. The van der Waals surface area contributed by atoms with Gasteiger partial charge < -0.3 is 15.8 Å². The van der Waals surface area contributed by atoms with Crippen LogP contribution in [0.2, 0.25) is 0 Å². The summed E-state index contributed by atoms with van der Waals surface area (Å²) in [6, 6.07) is 2.92. The monoisotopic (exact) mass is 306 g/mol. The van der Waals surface area contributed by atoms with E-state index in [2.05, 4.69) is 5.32 Å². The van der Waals surface area contributed by atoms with Crippen molar-refractivity contribution in [2.45, 2.75) is 33.4 Å². The van der Waals surface area contributed by atoms with Gasteiger partial charge in [-0.25, -0.2) is 0 Å². The lowest BCUT2D eigenvalue weighted by atomic mass is 10.2. The average Bonchev–Trinajstić information content (AvgIpc) is 2.41. The summed E-state index contributed by atoms with van der Waals surface area (Å²) in [5.41, 5.74) is 4.66. The molecule has 120 valence electrons. The van der Waals surface area contributed by atoms with Gasteiger partial charge in [-0.15, -0.1) is 0 Å². The summed E-state index contributed by atoms with van der Waals surface area (Å²) in [5.74, 6) is -0.401. The van der Waals surface area contributed by atoms with Gasteiger partial charge in [0.15, 0.2) is 0 Å². The molecule has 4 nitrogen and oxygen atoms in total. The first kappa shape index (κ1) is 19.2. The van der Waals surface area contributed by atoms with Crippen LogP contribution in [0.1, 0.15) is 32.8 Å². The maximum absolute atomic E-state index is 12.6. The fourth-order valence-electron chi connectivity index (χ4n) is 1.38. The average molecular weight is 306 g/mol. The van der Waals surface area contributed by atoms with Crippen LogP contribution in [-0.2, 0) is 11.0 Å². The van der Waals surface area contributed by atoms with E-state index in [9.17, 15) is 18.0 Å². The summed E-state index contributed by atoms with van der Waals surface area (Å²) in [7, 11) is 0. The summed E-state index contributed by atoms with van der Waals surface area (Å²) < 4.78 is 43.0. The number of carbonyl (C=O) groups is 1. The quantitative estimate of drug-likeness (QED) is 0.819. The molecule has 0 heterocycles. The second kappa shape index (κ2) is 9.23. The number of benzene rings is 1. The van der Waals surface area contributed by atoms with Gasteiger partial charge in [0.1, 0.15) is 5.75 Å². The molecular weight excluding hydrogens is 285 g/mol. The van der Waals surface area contributed by atoms with Crippen LogP contribution in [0.3, 0.4) is 0 Å². The first-order chi connectivity index (χ1) is 9.84. The van der Waals surface area contributed by atoms with Crippen LogP contribution in [0, 0.1) is 0 Å². The van der Waals surface area contributed by atoms with Gasteiger partial charge in [0.25, 0.3) is 0 Å². The third-order valence-corrected chi connectivity index (χ3v) is 2.23. The fourth-order valence-corrected chi connectivity index (χ4v) is 1.38. The Morgan fingerprint density at radius 1 is 1.33 bits per heavy atom. The molecule has 0 radical (unpaired) electrons. The highest BCUT2D eigenvalue weighted by Crippen LogP contribution is 2.35. The molecule has 1 amide bonds. The molecule has 3 N–H and O–H groups in total. The zero-order chi connectivity index (χ0) is 16.5. The first-order valence-corrected chi connectivity index (χ1v) is 6.66. The maximum atomic E-state index is 12.6. The number of nitrogens with one attached hydrogen (secondary N) is 1. The van der Waals surface area contributed by atoms with Crippen molar-refractivity contribution in [3.63, 3.8) is 0 Å². The van der Waals surface area contributed by atoms with Crippen molar-refractivity contribution in [2.75, 3.05) is 18.5 Å². The Labute approximate surface area is 122 Å². The molecular formula is C14H21F3N2O2. The Hall–Kier alpha value is -1.76. The normalized spacial score (nSPS) is 10.4. The number of anilines is 1. The minimum absolute atomic E-state index is 0.0153. The van der Waals surface area contributed by atoms with Crippen LogP contribution >= 0.6 is 0 Å². The van der Waals surface area contributed by atoms with Gasteiger partial charge in [-0.3, -0.25) is 4.79 Å². The lowest BCUT2D eigenvalue weighted by Gasteiger charge is -2.14. The van der Waals surface area contributed by atoms with E-state index in [4.69, 9.17) is 10.5 Å². The molecule has 0 fully saturated rings.